The maximum Gasteiger partial charge on any atom is 0.243 e. The Morgan fingerprint density at radius 1 is 0.649 bits per heavy atom. The number of aryl methyl sites for hydroxylation is 2. The van der Waals surface area contributed by atoms with Crippen molar-refractivity contribution in [1.82, 2.24) is 25.8 Å². The van der Waals surface area contributed by atoms with Crippen LogP contribution >= 0.6 is 0 Å². The molecule has 5 amide bonds. The fourth-order valence-corrected chi connectivity index (χ4v) is 6.24. The highest BCUT2D eigenvalue weighted by molar-refractivity contribution is 5.95. The number of piperazine rings is 1. The number of carbonyl (C=O) groups is 5. The number of anilines is 2. The van der Waals surface area contributed by atoms with E-state index in [2.05, 4.69) is 36.4 Å². The summed E-state index contributed by atoms with van der Waals surface area (Å²) in [5.74, 6) is -1.49. The van der Waals surface area contributed by atoms with E-state index in [9.17, 15) is 24.0 Å². The van der Waals surface area contributed by atoms with E-state index in [4.69, 9.17) is 11.1 Å². The second-order valence-electron chi connectivity index (χ2n) is 14.1. The molecule has 1 saturated heterocycles. The van der Waals surface area contributed by atoms with Crippen molar-refractivity contribution in [2.75, 3.05) is 56.4 Å². The van der Waals surface area contributed by atoms with Gasteiger partial charge in [-0.25, -0.2) is 0 Å². The monoisotopic (exact) mass is 773 g/mol. The Morgan fingerprint density at radius 2 is 1.19 bits per heavy atom. The summed E-state index contributed by atoms with van der Waals surface area (Å²) in [4.78, 5) is 68.5. The lowest BCUT2D eigenvalue weighted by Gasteiger charge is -2.33. The molecule has 1 fully saturated rings. The molecule has 4 aromatic rings. The molecule has 0 bridgehead atoms. The summed E-state index contributed by atoms with van der Waals surface area (Å²) in [6.07, 6.45) is 0.848. The standard InChI is InChI=1S/C43H51N9O5/c1-30-7-16-35(17-8-30)48-40(55)28-51-21-23-52(24-22-51)29-41(56)49-36-18-11-32(12-19-36)25-37(50-38(53)20-13-31-5-3-2-4-6-31)43(57)47-27-39(54)46-26-33-9-14-34(15-10-33)42(44)45/h2-12,14-19,37H,13,20-29H2,1H3,(H3,44,45)(H,46,54)(H,47,57)(H,48,55)(H,49,56)(H,50,53). The number of rotatable bonds is 18. The molecule has 1 atom stereocenters. The van der Waals surface area contributed by atoms with E-state index >= 15 is 0 Å². The zero-order valence-electron chi connectivity index (χ0n) is 32.2. The topological polar surface area (TPSA) is 202 Å². The summed E-state index contributed by atoms with van der Waals surface area (Å²) in [7, 11) is 0. The molecular weight excluding hydrogens is 723 g/mol. The largest absolute Gasteiger partial charge is 0.384 e. The molecule has 4 aromatic carbocycles. The number of amides is 5. The van der Waals surface area contributed by atoms with Crippen LogP contribution < -0.4 is 32.3 Å². The quantitative estimate of drug-likeness (QED) is 0.0591. The molecule has 0 aromatic heterocycles. The van der Waals surface area contributed by atoms with E-state index in [-0.39, 0.29) is 62.6 Å². The maximum atomic E-state index is 13.4. The number of nitrogens with two attached hydrogens (primary N) is 1. The molecule has 298 valence electrons. The summed E-state index contributed by atoms with van der Waals surface area (Å²) < 4.78 is 0. The van der Waals surface area contributed by atoms with Gasteiger partial charge in [0.2, 0.25) is 29.5 Å². The summed E-state index contributed by atoms with van der Waals surface area (Å²) in [5, 5.41) is 21.6. The van der Waals surface area contributed by atoms with E-state index in [0.29, 0.717) is 43.9 Å². The molecular formula is C43H51N9O5. The van der Waals surface area contributed by atoms with Crippen molar-refractivity contribution in [3.8, 4) is 0 Å². The van der Waals surface area contributed by atoms with Crippen molar-refractivity contribution in [3.63, 3.8) is 0 Å². The summed E-state index contributed by atoms with van der Waals surface area (Å²) >= 11 is 0. The second kappa shape index (κ2) is 21.1. The Hall–Kier alpha value is -6.38. The maximum absolute atomic E-state index is 13.4. The fraction of sp³-hybridized carbons (Fsp3) is 0.302. The number of nitrogens with one attached hydrogen (secondary N) is 6. The van der Waals surface area contributed by atoms with E-state index in [1.807, 2.05) is 61.5 Å². The second-order valence-corrected chi connectivity index (χ2v) is 14.1. The Morgan fingerprint density at radius 3 is 1.75 bits per heavy atom. The van der Waals surface area contributed by atoms with Gasteiger partial charge in [0, 0.05) is 62.5 Å². The minimum atomic E-state index is -0.951. The minimum Gasteiger partial charge on any atom is -0.384 e. The highest BCUT2D eigenvalue weighted by Crippen LogP contribution is 2.14. The van der Waals surface area contributed by atoms with Crippen molar-refractivity contribution in [3.05, 3.63) is 131 Å². The summed E-state index contributed by atoms with van der Waals surface area (Å²) in [6.45, 7) is 5.08. The van der Waals surface area contributed by atoms with E-state index in [1.54, 1.807) is 48.5 Å². The first-order valence-corrected chi connectivity index (χ1v) is 19.0. The Kier molecular flexibility index (Phi) is 15.4. The van der Waals surface area contributed by atoms with Crippen LogP contribution in [0, 0.1) is 12.3 Å². The molecule has 1 aliphatic rings. The molecule has 0 aliphatic carbocycles. The lowest BCUT2D eigenvalue weighted by molar-refractivity contribution is -0.130. The normalized spacial score (nSPS) is 13.5. The van der Waals surface area contributed by atoms with Crippen LogP contribution in [0.4, 0.5) is 11.4 Å². The smallest absolute Gasteiger partial charge is 0.243 e. The summed E-state index contributed by atoms with van der Waals surface area (Å²) in [5.41, 5.74) is 11.1. The number of carbonyl (C=O) groups excluding carboxylic acids is 5. The fourth-order valence-electron chi connectivity index (χ4n) is 6.24. The zero-order chi connectivity index (χ0) is 40.6. The number of hydrogen-bond donors (Lipinski definition) is 7. The molecule has 0 radical (unpaired) electrons. The molecule has 0 saturated carbocycles. The van der Waals surface area contributed by atoms with Crippen LogP contribution in [0.15, 0.2) is 103 Å². The lowest BCUT2D eigenvalue weighted by atomic mass is 10.0. The first-order valence-electron chi connectivity index (χ1n) is 19.0. The molecule has 14 nitrogen and oxygen atoms in total. The first kappa shape index (κ1) is 41.8. The van der Waals surface area contributed by atoms with Crippen molar-refractivity contribution in [1.29, 1.82) is 5.41 Å². The van der Waals surface area contributed by atoms with Crippen molar-refractivity contribution in [2.45, 2.75) is 38.8 Å². The number of hydrogen-bond acceptors (Lipinski definition) is 8. The highest BCUT2D eigenvalue weighted by atomic mass is 16.2. The van der Waals surface area contributed by atoms with Crippen molar-refractivity contribution >= 4 is 46.7 Å². The van der Waals surface area contributed by atoms with Gasteiger partial charge in [-0.15, -0.1) is 0 Å². The van der Waals surface area contributed by atoms with Gasteiger partial charge in [0.15, 0.2) is 0 Å². The molecule has 5 rings (SSSR count). The third-order valence-corrected chi connectivity index (χ3v) is 9.53. The van der Waals surface area contributed by atoms with Gasteiger partial charge in [-0.3, -0.25) is 39.2 Å². The Labute approximate surface area is 333 Å². The van der Waals surface area contributed by atoms with Crippen LogP contribution in [0.1, 0.15) is 34.2 Å². The van der Waals surface area contributed by atoms with Gasteiger partial charge >= 0.3 is 0 Å². The number of amidine groups is 1. The van der Waals surface area contributed by atoms with Crippen molar-refractivity contribution < 1.29 is 24.0 Å². The van der Waals surface area contributed by atoms with Gasteiger partial charge < -0.3 is 32.3 Å². The average Bonchev–Trinajstić information content (AvgIpc) is 3.21. The molecule has 1 aliphatic heterocycles. The Balaban J connectivity index is 1.08. The third-order valence-electron chi connectivity index (χ3n) is 9.53. The van der Waals surface area contributed by atoms with Gasteiger partial charge in [0.25, 0.3) is 0 Å². The van der Waals surface area contributed by atoms with Gasteiger partial charge in [0.05, 0.1) is 19.6 Å². The minimum absolute atomic E-state index is 0.0471. The van der Waals surface area contributed by atoms with Gasteiger partial charge in [-0.2, -0.15) is 0 Å². The highest BCUT2D eigenvalue weighted by Gasteiger charge is 2.23. The molecule has 1 unspecified atom stereocenters. The van der Waals surface area contributed by atoms with E-state index < -0.39 is 17.9 Å². The Bertz CT molecular complexity index is 1980. The zero-order valence-corrected chi connectivity index (χ0v) is 32.2. The van der Waals surface area contributed by atoms with Crippen LogP contribution in [0.2, 0.25) is 0 Å². The van der Waals surface area contributed by atoms with Crippen LogP contribution in [-0.4, -0.2) is 97.0 Å². The van der Waals surface area contributed by atoms with Gasteiger partial charge in [-0.1, -0.05) is 84.4 Å². The number of benzene rings is 4. The SMILES string of the molecule is Cc1ccc(NC(=O)CN2CCN(CC(=O)Nc3ccc(CC(NC(=O)CCc4ccccc4)C(=O)NCC(=O)NCc4ccc(C(=N)N)cc4)cc3)CC2)cc1. The number of nitrogens with zero attached hydrogens (tertiary/aromatic N) is 2. The number of nitrogen functional groups attached to an aromatic ring is 1. The predicted molar refractivity (Wildman–Crippen MR) is 220 cm³/mol. The molecule has 1 heterocycles. The summed E-state index contributed by atoms with van der Waals surface area (Å²) in [6, 6.07) is 30.3. The van der Waals surface area contributed by atoms with E-state index in [1.165, 1.54) is 0 Å². The lowest BCUT2D eigenvalue weighted by Crippen LogP contribution is -2.50. The van der Waals surface area contributed by atoms with Crippen LogP contribution in [-0.2, 0) is 43.4 Å². The average molecular weight is 774 g/mol. The van der Waals surface area contributed by atoms with Crippen LogP contribution in [0.25, 0.3) is 0 Å². The molecule has 8 N–H and O–H groups in total. The molecule has 0 spiro atoms. The van der Waals surface area contributed by atoms with Gasteiger partial charge in [0.1, 0.15) is 11.9 Å². The molecule has 57 heavy (non-hydrogen) atoms. The first-order chi connectivity index (χ1) is 27.5. The third kappa shape index (κ3) is 14.3. The predicted octanol–water partition coefficient (Wildman–Crippen LogP) is 2.57. The van der Waals surface area contributed by atoms with Gasteiger partial charge in [-0.05, 0) is 54.3 Å². The molecule has 14 heteroatoms. The van der Waals surface area contributed by atoms with E-state index in [0.717, 1.165) is 27.9 Å². The van der Waals surface area contributed by atoms with Crippen LogP contribution in [0.5, 0.6) is 0 Å². The van der Waals surface area contributed by atoms with Crippen LogP contribution in [0.3, 0.4) is 0 Å². The van der Waals surface area contributed by atoms with Crippen molar-refractivity contribution in [2.24, 2.45) is 5.73 Å².